The normalized spacial score (nSPS) is 18.3. The van der Waals surface area contributed by atoms with Gasteiger partial charge in [0.1, 0.15) is 0 Å². The maximum Gasteiger partial charge on any atom is 0.0251 e. The Labute approximate surface area is 156 Å². The molecule has 2 aromatic rings. The van der Waals surface area contributed by atoms with Gasteiger partial charge in [-0.3, -0.25) is 4.90 Å². The monoisotopic (exact) mass is 349 g/mol. The van der Waals surface area contributed by atoms with Crippen LogP contribution in [0.5, 0.6) is 0 Å². The zero-order valence-corrected chi connectivity index (χ0v) is 16.1. The van der Waals surface area contributed by atoms with Gasteiger partial charge in [0.25, 0.3) is 0 Å². The van der Waals surface area contributed by atoms with Gasteiger partial charge in [-0.25, -0.2) is 0 Å². The van der Waals surface area contributed by atoms with Gasteiger partial charge in [-0.05, 0) is 45.9 Å². The lowest BCUT2D eigenvalue weighted by atomic mass is 9.95. The van der Waals surface area contributed by atoms with Crippen LogP contribution in [0, 0.1) is 0 Å². The number of benzene rings is 2. The molecule has 0 saturated heterocycles. The van der Waals surface area contributed by atoms with E-state index in [4.69, 9.17) is 0 Å². The third kappa shape index (κ3) is 4.65. The highest BCUT2D eigenvalue weighted by Gasteiger charge is 2.21. The Kier molecular flexibility index (Phi) is 6.55. The van der Waals surface area contributed by atoms with Crippen molar-refractivity contribution in [3.8, 4) is 0 Å². The summed E-state index contributed by atoms with van der Waals surface area (Å²) >= 11 is 1.81. The van der Waals surface area contributed by atoms with E-state index in [0.717, 1.165) is 26.1 Å². The molecule has 0 spiro atoms. The molecule has 0 atom stereocenters. The fourth-order valence-corrected chi connectivity index (χ4v) is 3.93. The minimum Gasteiger partial charge on any atom is -0.291 e. The van der Waals surface area contributed by atoms with Crippen LogP contribution in [-0.2, 0) is 13.1 Å². The topological polar surface area (TPSA) is 3.24 Å². The number of fused-ring (bicyclic) bond motifs is 1. The van der Waals surface area contributed by atoms with Crippen molar-refractivity contribution in [1.82, 2.24) is 4.90 Å². The van der Waals surface area contributed by atoms with E-state index in [1.807, 2.05) is 11.8 Å². The molecular formula is C23H27NS. The Morgan fingerprint density at radius 2 is 1.76 bits per heavy atom. The van der Waals surface area contributed by atoms with E-state index in [0.29, 0.717) is 0 Å². The highest BCUT2D eigenvalue weighted by Crippen LogP contribution is 2.33. The molecule has 0 N–H and O–H groups in total. The lowest BCUT2D eigenvalue weighted by molar-refractivity contribution is 0.285. The van der Waals surface area contributed by atoms with E-state index in [2.05, 4.69) is 84.2 Å². The molecule has 2 aromatic carbocycles. The Bertz CT molecular complexity index is 746. The quantitative estimate of drug-likeness (QED) is 0.638. The summed E-state index contributed by atoms with van der Waals surface area (Å²) in [5.74, 6) is 0. The number of thioether (sulfide) groups is 1. The van der Waals surface area contributed by atoms with Crippen molar-refractivity contribution in [3.05, 3.63) is 88.3 Å². The van der Waals surface area contributed by atoms with Crippen molar-refractivity contribution in [3.63, 3.8) is 0 Å². The summed E-state index contributed by atoms with van der Waals surface area (Å²) < 4.78 is 0. The zero-order valence-electron chi connectivity index (χ0n) is 15.2. The second-order valence-electron chi connectivity index (χ2n) is 6.57. The molecular weight excluding hydrogens is 322 g/mol. The van der Waals surface area contributed by atoms with Crippen molar-refractivity contribution in [2.75, 3.05) is 12.8 Å². The van der Waals surface area contributed by atoms with Gasteiger partial charge in [0.15, 0.2) is 0 Å². The van der Waals surface area contributed by atoms with Gasteiger partial charge in [0, 0.05) is 19.6 Å². The van der Waals surface area contributed by atoms with Crippen LogP contribution >= 0.6 is 11.8 Å². The number of rotatable bonds is 5. The van der Waals surface area contributed by atoms with Crippen molar-refractivity contribution in [1.29, 1.82) is 0 Å². The molecule has 1 heterocycles. The predicted octanol–water partition coefficient (Wildman–Crippen LogP) is 6.13. The summed E-state index contributed by atoms with van der Waals surface area (Å²) in [5.41, 5.74) is 7.10. The molecule has 0 aromatic heterocycles. The number of unbranched alkanes of at least 4 members (excludes halogenated alkanes) is 1. The predicted molar refractivity (Wildman–Crippen MR) is 111 cm³/mol. The Morgan fingerprint density at radius 3 is 2.52 bits per heavy atom. The molecule has 25 heavy (non-hydrogen) atoms. The number of hydrogen-bond donors (Lipinski definition) is 0. The molecule has 0 bridgehead atoms. The third-order valence-corrected chi connectivity index (χ3v) is 5.11. The van der Waals surface area contributed by atoms with Crippen LogP contribution in [-0.4, -0.2) is 17.7 Å². The van der Waals surface area contributed by atoms with Crippen molar-refractivity contribution in [2.24, 2.45) is 0 Å². The van der Waals surface area contributed by atoms with Crippen molar-refractivity contribution >= 4 is 17.3 Å². The smallest absolute Gasteiger partial charge is 0.0251 e. The first-order chi connectivity index (χ1) is 12.3. The summed E-state index contributed by atoms with van der Waals surface area (Å²) in [5, 5.41) is 2.33. The van der Waals surface area contributed by atoms with Gasteiger partial charge < -0.3 is 0 Å². The summed E-state index contributed by atoms with van der Waals surface area (Å²) in [6.07, 6.45) is 6.91. The Hall–Kier alpha value is -1.77. The Morgan fingerprint density at radius 1 is 1.00 bits per heavy atom. The second kappa shape index (κ2) is 9.07. The van der Waals surface area contributed by atoms with Crippen LogP contribution in [0.25, 0.3) is 5.57 Å². The molecule has 1 nitrogen and oxygen atoms in total. The maximum absolute atomic E-state index is 2.56. The summed E-state index contributed by atoms with van der Waals surface area (Å²) in [4.78, 5) is 2.56. The van der Waals surface area contributed by atoms with Crippen LogP contribution < -0.4 is 0 Å². The third-order valence-electron chi connectivity index (χ3n) is 4.59. The van der Waals surface area contributed by atoms with E-state index in [-0.39, 0.29) is 0 Å². The standard InChI is InChI=1S/C23H27NS/c1-3-4-13-23-21(18-25-2)17-24(15-19-10-6-5-7-11-19)16-20-12-8-9-14-22(20)23/h5-14,18H,3-4,15-17H2,1-2H3/b21-18+,23-13-. The van der Waals surface area contributed by atoms with Crippen LogP contribution in [0.1, 0.15) is 36.5 Å². The molecule has 130 valence electrons. The molecule has 1 aliphatic heterocycles. The molecule has 0 radical (unpaired) electrons. The summed E-state index contributed by atoms with van der Waals surface area (Å²) in [6.45, 7) is 5.24. The minimum absolute atomic E-state index is 0.988. The highest BCUT2D eigenvalue weighted by molar-refractivity contribution is 8.01. The van der Waals surface area contributed by atoms with Crippen LogP contribution in [0.4, 0.5) is 0 Å². The van der Waals surface area contributed by atoms with E-state index in [1.165, 1.54) is 34.3 Å². The first-order valence-electron chi connectivity index (χ1n) is 9.08. The number of hydrogen-bond acceptors (Lipinski definition) is 2. The molecule has 2 heteroatoms. The molecule has 3 rings (SSSR count). The average Bonchev–Trinajstić information content (AvgIpc) is 2.77. The maximum atomic E-state index is 2.56. The van der Waals surface area contributed by atoms with Crippen LogP contribution in [0.2, 0.25) is 0 Å². The number of nitrogens with zero attached hydrogens (tertiary/aromatic N) is 1. The first-order valence-corrected chi connectivity index (χ1v) is 10.4. The fraction of sp³-hybridized carbons (Fsp3) is 0.304. The van der Waals surface area contributed by atoms with E-state index < -0.39 is 0 Å². The summed E-state index contributed by atoms with van der Waals surface area (Å²) in [7, 11) is 0. The second-order valence-corrected chi connectivity index (χ2v) is 7.28. The lowest BCUT2D eigenvalue weighted by Gasteiger charge is -2.21. The molecule has 0 aliphatic carbocycles. The highest BCUT2D eigenvalue weighted by atomic mass is 32.2. The van der Waals surface area contributed by atoms with E-state index in [9.17, 15) is 0 Å². The van der Waals surface area contributed by atoms with Crippen LogP contribution in [0.3, 0.4) is 0 Å². The molecule has 0 fully saturated rings. The SMILES string of the molecule is CCC/C=C1/C(=C/SC)CN(Cc2ccccc2)Cc2ccccc21. The van der Waals surface area contributed by atoms with Gasteiger partial charge >= 0.3 is 0 Å². The van der Waals surface area contributed by atoms with Crippen LogP contribution in [0.15, 0.2) is 71.7 Å². The number of allylic oxidation sites excluding steroid dienone is 1. The zero-order chi connectivity index (χ0) is 17.5. The van der Waals surface area contributed by atoms with Gasteiger partial charge in [-0.1, -0.05) is 74.0 Å². The largest absolute Gasteiger partial charge is 0.291 e. The van der Waals surface area contributed by atoms with Gasteiger partial charge in [-0.15, -0.1) is 11.8 Å². The Balaban J connectivity index is 1.98. The van der Waals surface area contributed by atoms with E-state index >= 15 is 0 Å². The fourth-order valence-electron chi connectivity index (χ4n) is 3.44. The van der Waals surface area contributed by atoms with Crippen molar-refractivity contribution < 1.29 is 0 Å². The molecule has 0 unspecified atom stereocenters. The first kappa shape index (κ1) is 18.0. The minimum atomic E-state index is 0.988. The molecule has 1 aliphatic rings. The molecule has 0 amide bonds. The van der Waals surface area contributed by atoms with Crippen molar-refractivity contribution in [2.45, 2.75) is 32.9 Å². The van der Waals surface area contributed by atoms with E-state index in [1.54, 1.807) is 0 Å². The van der Waals surface area contributed by atoms with Gasteiger partial charge in [0.05, 0.1) is 0 Å². The molecule has 0 saturated carbocycles. The summed E-state index contributed by atoms with van der Waals surface area (Å²) in [6, 6.07) is 19.7. The lowest BCUT2D eigenvalue weighted by Crippen LogP contribution is -2.23. The van der Waals surface area contributed by atoms with Gasteiger partial charge in [0.2, 0.25) is 0 Å². The van der Waals surface area contributed by atoms with Gasteiger partial charge in [-0.2, -0.15) is 0 Å². The average molecular weight is 350 g/mol.